The molecule has 2 aromatic heterocycles. The molecule has 0 amide bonds. The van der Waals surface area contributed by atoms with E-state index in [1.807, 2.05) is 0 Å². The topological polar surface area (TPSA) is 124 Å². The number of hydrogen-bond donors (Lipinski definition) is 1. The van der Waals surface area contributed by atoms with Gasteiger partial charge in [0.2, 0.25) is 0 Å². The van der Waals surface area contributed by atoms with E-state index in [4.69, 9.17) is 0 Å². The SMILES string of the molecule is COC(=O)c1ncsc1S(=O)(=O)Nc1nnc(C)c(C)n1. The number of hydrogen-bond acceptors (Lipinski definition) is 9. The average molecular weight is 329 g/mol. The second-order valence-corrected chi connectivity index (χ2v) is 6.62. The van der Waals surface area contributed by atoms with E-state index in [0.29, 0.717) is 11.4 Å². The summed E-state index contributed by atoms with van der Waals surface area (Å²) in [7, 11) is -2.90. The molecule has 1 N–H and O–H groups in total. The molecule has 0 spiro atoms. The minimum atomic E-state index is -4.05. The molecule has 0 unspecified atom stereocenters. The first-order chi connectivity index (χ1) is 9.85. The first-order valence-corrected chi connectivity index (χ1v) is 7.94. The van der Waals surface area contributed by atoms with Crippen LogP contribution in [0.3, 0.4) is 0 Å². The highest BCUT2D eigenvalue weighted by Crippen LogP contribution is 2.22. The molecule has 0 radical (unpaired) electrons. The fourth-order valence-corrected chi connectivity index (χ4v) is 3.40. The Morgan fingerprint density at radius 3 is 2.62 bits per heavy atom. The van der Waals surface area contributed by atoms with Gasteiger partial charge in [0.05, 0.1) is 24.0 Å². The van der Waals surface area contributed by atoms with Crippen LogP contribution in [0.4, 0.5) is 5.95 Å². The largest absolute Gasteiger partial charge is 0.464 e. The number of carbonyl (C=O) groups is 1. The molecule has 0 aliphatic rings. The summed E-state index contributed by atoms with van der Waals surface area (Å²) < 4.78 is 30.9. The van der Waals surface area contributed by atoms with Crippen LogP contribution in [-0.2, 0) is 14.8 Å². The number of ether oxygens (including phenoxy) is 1. The number of aromatic nitrogens is 4. The minimum absolute atomic E-state index is 0.178. The minimum Gasteiger partial charge on any atom is -0.464 e. The van der Waals surface area contributed by atoms with Crippen LogP contribution in [0.2, 0.25) is 0 Å². The molecule has 112 valence electrons. The number of nitrogens with one attached hydrogen (secondary N) is 1. The summed E-state index contributed by atoms with van der Waals surface area (Å²) in [4.78, 5) is 19.1. The number of carbonyl (C=O) groups excluding carboxylic acids is 1. The molecule has 11 heteroatoms. The van der Waals surface area contributed by atoms with Gasteiger partial charge in [-0.2, -0.15) is 5.10 Å². The standard InChI is InChI=1S/C10H11N5O4S2/c1-5-6(2)13-14-10(12-5)15-21(17,18)9-7(8(16)19-3)11-4-20-9/h4H,1-3H3,(H,12,14,15). The van der Waals surface area contributed by atoms with Crippen LogP contribution in [0.5, 0.6) is 0 Å². The first kappa shape index (κ1) is 15.3. The van der Waals surface area contributed by atoms with Gasteiger partial charge in [0.1, 0.15) is 0 Å². The molecule has 2 heterocycles. The predicted molar refractivity (Wildman–Crippen MR) is 73.6 cm³/mol. The quantitative estimate of drug-likeness (QED) is 0.806. The fourth-order valence-electron chi connectivity index (χ4n) is 1.33. The van der Waals surface area contributed by atoms with Crippen molar-refractivity contribution in [2.75, 3.05) is 11.8 Å². The summed E-state index contributed by atoms with van der Waals surface area (Å²) in [5.74, 6) is -1.02. The number of rotatable bonds is 4. The monoisotopic (exact) mass is 329 g/mol. The van der Waals surface area contributed by atoms with Crippen LogP contribution in [0, 0.1) is 13.8 Å². The van der Waals surface area contributed by atoms with Gasteiger partial charge in [0.15, 0.2) is 9.90 Å². The Labute approximate surface area is 124 Å². The van der Waals surface area contributed by atoms with E-state index >= 15 is 0 Å². The normalized spacial score (nSPS) is 11.2. The molecule has 0 saturated heterocycles. The number of esters is 1. The smallest absolute Gasteiger partial charge is 0.358 e. The van der Waals surface area contributed by atoms with Crippen molar-refractivity contribution in [1.29, 1.82) is 0 Å². The third kappa shape index (κ3) is 3.13. The van der Waals surface area contributed by atoms with Crippen LogP contribution < -0.4 is 4.72 Å². The van der Waals surface area contributed by atoms with E-state index in [2.05, 4.69) is 29.6 Å². The molecular weight excluding hydrogens is 318 g/mol. The molecule has 0 aromatic carbocycles. The van der Waals surface area contributed by atoms with Crippen LogP contribution in [0.25, 0.3) is 0 Å². The maximum Gasteiger partial charge on any atom is 0.358 e. The Morgan fingerprint density at radius 1 is 1.29 bits per heavy atom. The summed E-state index contributed by atoms with van der Waals surface area (Å²) in [6.45, 7) is 3.38. The van der Waals surface area contributed by atoms with Gasteiger partial charge >= 0.3 is 5.97 Å². The van der Waals surface area contributed by atoms with Crippen molar-refractivity contribution in [3.63, 3.8) is 0 Å². The first-order valence-electron chi connectivity index (χ1n) is 5.57. The molecule has 0 atom stereocenters. The highest BCUT2D eigenvalue weighted by molar-refractivity contribution is 7.94. The van der Waals surface area contributed by atoms with Crippen LogP contribution in [-0.4, -0.2) is 41.7 Å². The molecule has 9 nitrogen and oxygen atoms in total. The Hall–Kier alpha value is -2.14. The number of methoxy groups -OCH3 is 1. The molecule has 0 saturated carbocycles. The van der Waals surface area contributed by atoms with Crippen molar-refractivity contribution in [2.45, 2.75) is 18.1 Å². The van der Waals surface area contributed by atoms with E-state index in [9.17, 15) is 13.2 Å². The summed E-state index contributed by atoms with van der Waals surface area (Å²) in [6, 6.07) is 0. The maximum atomic E-state index is 12.2. The van der Waals surface area contributed by atoms with Crippen molar-refractivity contribution in [1.82, 2.24) is 20.2 Å². The second kappa shape index (κ2) is 5.69. The van der Waals surface area contributed by atoms with Crippen molar-refractivity contribution >= 4 is 33.3 Å². The van der Waals surface area contributed by atoms with Gasteiger partial charge in [-0.05, 0) is 13.8 Å². The van der Waals surface area contributed by atoms with Gasteiger partial charge in [0, 0.05) is 0 Å². The predicted octanol–water partition coefficient (Wildman–Crippen LogP) is 0.532. The number of nitrogens with zero attached hydrogens (tertiary/aromatic N) is 4. The lowest BCUT2D eigenvalue weighted by atomic mass is 10.4. The molecule has 2 aromatic rings. The Morgan fingerprint density at radius 2 is 2.00 bits per heavy atom. The van der Waals surface area contributed by atoms with Crippen LogP contribution in [0.1, 0.15) is 21.9 Å². The van der Waals surface area contributed by atoms with Crippen molar-refractivity contribution in [3.8, 4) is 0 Å². The molecule has 21 heavy (non-hydrogen) atoms. The number of aryl methyl sites for hydroxylation is 2. The lowest BCUT2D eigenvalue weighted by Crippen LogP contribution is -2.18. The lowest BCUT2D eigenvalue weighted by Gasteiger charge is -2.06. The Balaban J connectivity index is 2.37. The highest BCUT2D eigenvalue weighted by Gasteiger charge is 2.27. The summed E-state index contributed by atoms with van der Waals surface area (Å²) in [5, 5.41) is 7.42. The van der Waals surface area contributed by atoms with Crippen molar-refractivity contribution in [3.05, 3.63) is 22.6 Å². The van der Waals surface area contributed by atoms with E-state index in [1.54, 1.807) is 13.8 Å². The second-order valence-electron chi connectivity index (χ2n) is 3.89. The molecular formula is C10H11N5O4S2. The summed E-state index contributed by atoms with van der Waals surface area (Å²) in [6.07, 6.45) is 0. The van der Waals surface area contributed by atoms with Gasteiger partial charge in [-0.15, -0.1) is 16.4 Å². The van der Waals surface area contributed by atoms with Gasteiger partial charge in [-0.25, -0.2) is 27.9 Å². The van der Waals surface area contributed by atoms with Gasteiger partial charge in [-0.3, -0.25) is 0 Å². The Kier molecular flexibility index (Phi) is 4.14. The number of thiazole rings is 1. The zero-order valence-electron chi connectivity index (χ0n) is 11.3. The van der Waals surface area contributed by atoms with E-state index in [0.717, 1.165) is 18.4 Å². The third-order valence-corrected chi connectivity index (χ3v) is 5.17. The zero-order chi connectivity index (χ0) is 15.6. The lowest BCUT2D eigenvalue weighted by molar-refractivity contribution is 0.0590. The highest BCUT2D eigenvalue weighted by atomic mass is 32.2. The van der Waals surface area contributed by atoms with E-state index in [-0.39, 0.29) is 15.9 Å². The summed E-state index contributed by atoms with van der Waals surface area (Å²) in [5.41, 5.74) is 2.08. The molecule has 0 aliphatic heterocycles. The van der Waals surface area contributed by atoms with E-state index in [1.165, 1.54) is 5.51 Å². The third-order valence-electron chi connectivity index (χ3n) is 2.48. The van der Waals surface area contributed by atoms with Crippen LogP contribution in [0.15, 0.2) is 9.72 Å². The average Bonchev–Trinajstić information content (AvgIpc) is 2.92. The van der Waals surface area contributed by atoms with Crippen molar-refractivity contribution < 1.29 is 17.9 Å². The van der Waals surface area contributed by atoms with Gasteiger partial charge < -0.3 is 4.74 Å². The van der Waals surface area contributed by atoms with Crippen molar-refractivity contribution in [2.24, 2.45) is 0 Å². The van der Waals surface area contributed by atoms with E-state index < -0.39 is 16.0 Å². The van der Waals surface area contributed by atoms with Gasteiger partial charge in [-0.1, -0.05) is 0 Å². The molecule has 0 fully saturated rings. The maximum absolute atomic E-state index is 12.2. The Bertz CT molecular complexity index is 786. The van der Waals surface area contributed by atoms with Crippen LogP contribution >= 0.6 is 11.3 Å². The molecule has 0 bridgehead atoms. The van der Waals surface area contributed by atoms with Gasteiger partial charge in [0.25, 0.3) is 16.0 Å². The fraction of sp³-hybridized carbons (Fsp3) is 0.300. The zero-order valence-corrected chi connectivity index (χ0v) is 12.9. The number of sulfonamides is 1. The number of anilines is 1. The molecule has 2 rings (SSSR count). The summed E-state index contributed by atoms with van der Waals surface area (Å²) >= 11 is 0.788. The molecule has 0 aliphatic carbocycles.